The topological polar surface area (TPSA) is 21.6 Å². The van der Waals surface area contributed by atoms with E-state index < -0.39 is 0 Å². The standard InChI is InChI=1S/C15H15NO/c1-17-12-14-9-7-13(8-10-14)11-16-15-5-3-2-4-6-15/h2-11H,12H2,1H3/b16-11+. The van der Waals surface area contributed by atoms with Crippen LogP contribution < -0.4 is 0 Å². The molecule has 0 radical (unpaired) electrons. The van der Waals surface area contributed by atoms with Gasteiger partial charge >= 0.3 is 0 Å². The number of ether oxygens (including phenoxy) is 1. The summed E-state index contributed by atoms with van der Waals surface area (Å²) in [5.41, 5.74) is 3.23. The van der Waals surface area contributed by atoms with Gasteiger partial charge in [-0.15, -0.1) is 0 Å². The molecule has 0 saturated heterocycles. The Labute approximate surface area is 102 Å². The van der Waals surface area contributed by atoms with Crippen LogP contribution in [0.1, 0.15) is 11.1 Å². The van der Waals surface area contributed by atoms with Gasteiger partial charge in [-0.25, -0.2) is 0 Å². The lowest BCUT2D eigenvalue weighted by Crippen LogP contribution is -1.88. The summed E-state index contributed by atoms with van der Waals surface area (Å²) in [7, 11) is 1.70. The summed E-state index contributed by atoms with van der Waals surface area (Å²) in [6, 6.07) is 18.1. The lowest BCUT2D eigenvalue weighted by atomic mass is 10.1. The van der Waals surface area contributed by atoms with E-state index in [1.807, 2.05) is 48.7 Å². The SMILES string of the molecule is COCc1ccc(/C=N/c2ccccc2)cc1. The molecule has 0 bridgehead atoms. The van der Waals surface area contributed by atoms with Crippen LogP contribution in [0.25, 0.3) is 0 Å². The minimum atomic E-state index is 0.649. The van der Waals surface area contributed by atoms with E-state index >= 15 is 0 Å². The molecule has 0 N–H and O–H groups in total. The molecule has 2 aromatic carbocycles. The molecular formula is C15H15NO. The van der Waals surface area contributed by atoms with Crippen LogP contribution in [0.2, 0.25) is 0 Å². The zero-order chi connectivity index (χ0) is 11.9. The first-order valence-electron chi connectivity index (χ1n) is 5.55. The largest absolute Gasteiger partial charge is 0.380 e. The van der Waals surface area contributed by atoms with Crippen molar-refractivity contribution in [2.75, 3.05) is 7.11 Å². The van der Waals surface area contributed by atoms with Crippen molar-refractivity contribution >= 4 is 11.9 Å². The molecule has 0 aliphatic heterocycles. The number of nitrogens with zero attached hydrogens (tertiary/aromatic N) is 1. The number of hydrogen-bond acceptors (Lipinski definition) is 2. The third kappa shape index (κ3) is 3.54. The Kier molecular flexibility index (Phi) is 4.05. The zero-order valence-electron chi connectivity index (χ0n) is 9.84. The Morgan fingerprint density at radius 1 is 1.00 bits per heavy atom. The zero-order valence-corrected chi connectivity index (χ0v) is 9.84. The summed E-state index contributed by atoms with van der Waals surface area (Å²) in [6.45, 7) is 0.649. The van der Waals surface area contributed by atoms with Crippen LogP contribution in [-0.4, -0.2) is 13.3 Å². The predicted octanol–water partition coefficient (Wildman–Crippen LogP) is 3.58. The Balaban J connectivity index is 2.06. The van der Waals surface area contributed by atoms with Gasteiger partial charge in [-0.2, -0.15) is 0 Å². The van der Waals surface area contributed by atoms with Crippen molar-refractivity contribution in [1.29, 1.82) is 0 Å². The molecule has 17 heavy (non-hydrogen) atoms. The molecule has 0 aromatic heterocycles. The monoisotopic (exact) mass is 225 g/mol. The van der Waals surface area contributed by atoms with Crippen LogP contribution in [0.5, 0.6) is 0 Å². The second-order valence-corrected chi connectivity index (χ2v) is 3.77. The third-order valence-electron chi connectivity index (χ3n) is 2.41. The Morgan fingerprint density at radius 3 is 2.35 bits per heavy atom. The maximum atomic E-state index is 5.06. The van der Waals surface area contributed by atoms with Gasteiger partial charge in [0.2, 0.25) is 0 Å². The van der Waals surface area contributed by atoms with Crippen molar-refractivity contribution in [2.45, 2.75) is 6.61 Å². The summed E-state index contributed by atoms with van der Waals surface area (Å²) >= 11 is 0. The van der Waals surface area contributed by atoms with Gasteiger partial charge in [-0.05, 0) is 23.3 Å². The van der Waals surface area contributed by atoms with Crippen LogP contribution in [0, 0.1) is 0 Å². The Hall–Kier alpha value is -1.93. The van der Waals surface area contributed by atoms with E-state index in [0.29, 0.717) is 6.61 Å². The molecule has 0 aliphatic rings. The van der Waals surface area contributed by atoms with Crippen LogP contribution in [0.3, 0.4) is 0 Å². The van der Waals surface area contributed by atoms with E-state index in [9.17, 15) is 0 Å². The molecule has 0 saturated carbocycles. The molecule has 0 amide bonds. The second-order valence-electron chi connectivity index (χ2n) is 3.77. The predicted molar refractivity (Wildman–Crippen MR) is 70.9 cm³/mol. The normalized spacial score (nSPS) is 10.9. The van der Waals surface area contributed by atoms with Gasteiger partial charge < -0.3 is 4.74 Å². The molecule has 0 heterocycles. The van der Waals surface area contributed by atoms with Crippen molar-refractivity contribution in [3.8, 4) is 0 Å². The number of rotatable bonds is 4. The lowest BCUT2D eigenvalue weighted by molar-refractivity contribution is 0.185. The molecule has 0 unspecified atom stereocenters. The van der Waals surface area contributed by atoms with Crippen molar-refractivity contribution < 1.29 is 4.74 Å². The number of aliphatic imine (C=N–C) groups is 1. The van der Waals surface area contributed by atoms with E-state index in [1.165, 1.54) is 5.56 Å². The fraction of sp³-hybridized carbons (Fsp3) is 0.133. The first kappa shape index (κ1) is 11.6. The minimum absolute atomic E-state index is 0.649. The molecule has 0 atom stereocenters. The average Bonchev–Trinajstić information content (AvgIpc) is 2.40. The first-order valence-corrected chi connectivity index (χ1v) is 5.55. The maximum absolute atomic E-state index is 5.06. The minimum Gasteiger partial charge on any atom is -0.380 e. The third-order valence-corrected chi connectivity index (χ3v) is 2.41. The van der Waals surface area contributed by atoms with E-state index in [2.05, 4.69) is 17.1 Å². The highest BCUT2D eigenvalue weighted by Crippen LogP contribution is 2.10. The van der Waals surface area contributed by atoms with E-state index in [0.717, 1.165) is 11.3 Å². The second kappa shape index (κ2) is 5.97. The van der Waals surface area contributed by atoms with Gasteiger partial charge in [0.05, 0.1) is 12.3 Å². The van der Waals surface area contributed by atoms with Crippen molar-refractivity contribution in [3.05, 3.63) is 65.7 Å². The smallest absolute Gasteiger partial charge is 0.0713 e. The Morgan fingerprint density at radius 2 is 1.71 bits per heavy atom. The molecule has 0 aliphatic carbocycles. The van der Waals surface area contributed by atoms with Crippen LogP contribution in [0.4, 0.5) is 5.69 Å². The van der Waals surface area contributed by atoms with Crippen molar-refractivity contribution in [3.63, 3.8) is 0 Å². The fourth-order valence-corrected chi connectivity index (χ4v) is 1.53. The molecule has 2 aromatic rings. The average molecular weight is 225 g/mol. The molecule has 2 nitrogen and oxygen atoms in total. The quantitative estimate of drug-likeness (QED) is 0.729. The van der Waals surface area contributed by atoms with Crippen LogP contribution in [-0.2, 0) is 11.3 Å². The molecule has 2 heteroatoms. The number of para-hydroxylation sites is 1. The molecule has 0 fully saturated rings. The van der Waals surface area contributed by atoms with Gasteiger partial charge in [-0.1, -0.05) is 42.5 Å². The van der Waals surface area contributed by atoms with Gasteiger partial charge in [0.15, 0.2) is 0 Å². The lowest BCUT2D eigenvalue weighted by Gasteiger charge is -1.99. The number of methoxy groups -OCH3 is 1. The first-order chi connectivity index (χ1) is 8.38. The molecule has 86 valence electrons. The van der Waals surface area contributed by atoms with E-state index in [1.54, 1.807) is 7.11 Å². The number of hydrogen-bond donors (Lipinski definition) is 0. The van der Waals surface area contributed by atoms with Gasteiger partial charge in [0.1, 0.15) is 0 Å². The van der Waals surface area contributed by atoms with Crippen LogP contribution >= 0.6 is 0 Å². The van der Waals surface area contributed by atoms with Gasteiger partial charge in [-0.3, -0.25) is 4.99 Å². The highest BCUT2D eigenvalue weighted by molar-refractivity contribution is 5.81. The summed E-state index contributed by atoms with van der Waals surface area (Å²) in [5, 5.41) is 0. The summed E-state index contributed by atoms with van der Waals surface area (Å²) in [6.07, 6.45) is 1.87. The van der Waals surface area contributed by atoms with E-state index in [4.69, 9.17) is 4.74 Å². The van der Waals surface area contributed by atoms with Crippen LogP contribution in [0.15, 0.2) is 59.6 Å². The number of benzene rings is 2. The highest BCUT2D eigenvalue weighted by atomic mass is 16.5. The maximum Gasteiger partial charge on any atom is 0.0713 e. The van der Waals surface area contributed by atoms with Gasteiger partial charge in [0, 0.05) is 13.3 Å². The summed E-state index contributed by atoms with van der Waals surface area (Å²) in [4.78, 5) is 4.40. The molecule has 0 spiro atoms. The fourth-order valence-electron chi connectivity index (χ4n) is 1.53. The Bertz CT molecular complexity index is 474. The van der Waals surface area contributed by atoms with Crippen molar-refractivity contribution in [1.82, 2.24) is 0 Å². The van der Waals surface area contributed by atoms with Gasteiger partial charge in [0.25, 0.3) is 0 Å². The van der Waals surface area contributed by atoms with Crippen molar-refractivity contribution in [2.24, 2.45) is 4.99 Å². The molecule has 2 rings (SSSR count). The summed E-state index contributed by atoms with van der Waals surface area (Å²) < 4.78 is 5.06. The highest BCUT2D eigenvalue weighted by Gasteiger charge is 1.92. The van der Waals surface area contributed by atoms with E-state index in [-0.39, 0.29) is 0 Å². The molecular weight excluding hydrogens is 210 g/mol. The summed E-state index contributed by atoms with van der Waals surface area (Å²) in [5.74, 6) is 0.